The Morgan fingerprint density at radius 1 is 1.17 bits per heavy atom. The van der Waals surface area contributed by atoms with Crippen molar-refractivity contribution in [1.82, 2.24) is 10.3 Å². The van der Waals surface area contributed by atoms with Crippen LogP contribution in [0.1, 0.15) is 11.1 Å². The lowest BCUT2D eigenvalue weighted by molar-refractivity contribution is -0.117. The van der Waals surface area contributed by atoms with Gasteiger partial charge >= 0.3 is 0 Å². The number of carbonyl (C=O) groups excluding carboxylic acids is 1. The van der Waals surface area contributed by atoms with Crippen molar-refractivity contribution < 1.29 is 9.53 Å². The molecule has 0 unspecified atom stereocenters. The molecule has 4 nitrogen and oxygen atoms in total. The van der Waals surface area contributed by atoms with Gasteiger partial charge in [-0.3, -0.25) is 9.78 Å². The fourth-order valence-electron chi connectivity index (χ4n) is 2.75. The Morgan fingerprint density at radius 3 is 2.74 bits per heavy atom. The number of rotatable bonds is 5. The Balaban J connectivity index is 1.56. The Bertz CT molecular complexity index is 656. The van der Waals surface area contributed by atoms with Crippen molar-refractivity contribution in [2.45, 2.75) is 12.5 Å². The van der Waals surface area contributed by atoms with Crippen LogP contribution in [0.15, 0.2) is 60.9 Å². The summed E-state index contributed by atoms with van der Waals surface area (Å²) in [4.78, 5) is 16.1. The predicted octanol–water partition coefficient (Wildman–Crippen LogP) is 2.47. The Labute approximate surface area is 136 Å². The number of aromatic nitrogens is 1. The van der Waals surface area contributed by atoms with Gasteiger partial charge in [-0.1, -0.05) is 30.3 Å². The van der Waals surface area contributed by atoms with Crippen LogP contribution in [0.2, 0.25) is 0 Å². The second kappa shape index (κ2) is 7.70. The van der Waals surface area contributed by atoms with Gasteiger partial charge in [-0.2, -0.15) is 0 Å². The molecule has 1 N–H and O–H groups in total. The number of benzene rings is 1. The number of pyridine rings is 1. The number of amides is 1. The molecule has 118 valence electrons. The number of hydrogen-bond acceptors (Lipinski definition) is 3. The molecule has 1 fully saturated rings. The van der Waals surface area contributed by atoms with Crippen LogP contribution in [0.25, 0.3) is 6.08 Å². The van der Waals surface area contributed by atoms with Gasteiger partial charge in [0, 0.05) is 24.4 Å². The minimum Gasteiger partial charge on any atom is -0.379 e. The van der Waals surface area contributed by atoms with Crippen molar-refractivity contribution in [2.24, 2.45) is 5.92 Å². The van der Waals surface area contributed by atoms with Gasteiger partial charge in [0.05, 0.1) is 19.3 Å². The standard InChI is InChI=1S/C19H20N2O2/c22-19(7-6-15-4-2-1-3-5-15)21-18-14-23-13-17(18)12-16-8-10-20-11-9-16/h1-11,17-18H,12-14H2,(H,21,22)/b7-6+/t17-,18-/m1/s1. The Morgan fingerprint density at radius 2 is 1.96 bits per heavy atom. The highest BCUT2D eigenvalue weighted by Crippen LogP contribution is 2.19. The minimum atomic E-state index is -0.0796. The fraction of sp³-hybridized carbons (Fsp3) is 0.263. The van der Waals surface area contributed by atoms with Gasteiger partial charge in [0.2, 0.25) is 5.91 Å². The van der Waals surface area contributed by atoms with Crippen molar-refractivity contribution in [1.29, 1.82) is 0 Å². The van der Waals surface area contributed by atoms with Gasteiger partial charge in [0.25, 0.3) is 0 Å². The summed E-state index contributed by atoms with van der Waals surface area (Å²) in [6.45, 7) is 1.25. The number of carbonyl (C=O) groups is 1. The van der Waals surface area contributed by atoms with Crippen LogP contribution in [-0.2, 0) is 16.0 Å². The zero-order valence-electron chi connectivity index (χ0n) is 12.9. The second-order valence-corrected chi connectivity index (χ2v) is 5.72. The monoisotopic (exact) mass is 308 g/mol. The van der Waals surface area contributed by atoms with Gasteiger partial charge in [0.15, 0.2) is 0 Å². The lowest BCUT2D eigenvalue weighted by Crippen LogP contribution is -2.39. The Hall–Kier alpha value is -2.46. The molecule has 1 aliphatic rings. The van der Waals surface area contributed by atoms with E-state index in [4.69, 9.17) is 4.74 Å². The van der Waals surface area contributed by atoms with Gasteiger partial charge in [-0.25, -0.2) is 0 Å². The molecule has 0 aliphatic carbocycles. The van der Waals surface area contributed by atoms with E-state index in [1.807, 2.05) is 48.5 Å². The molecule has 1 aromatic heterocycles. The van der Waals surface area contributed by atoms with Gasteiger partial charge in [-0.05, 0) is 35.8 Å². The maximum absolute atomic E-state index is 12.1. The molecule has 1 aliphatic heterocycles. The molecule has 3 rings (SSSR count). The third-order valence-corrected chi connectivity index (χ3v) is 4.00. The number of hydrogen-bond donors (Lipinski definition) is 1. The summed E-state index contributed by atoms with van der Waals surface area (Å²) in [5.74, 6) is 0.218. The number of ether oxygens (including phenoxy) is 1. The maximum atomic E-state index is 12.1. The van der Waals surface area contributed by atoms with E-state index in [0.717, 1.165) is 12.0 Å². The first-order valence-electron chi connectivity index (χ1n) is 7.81. The summed E-state index contributed by atoms with van der Waals surface area (Å²) in [5.41, 5.74) is 2.23. The summed E-state index contributed by atoms with van der Waals surface area (Å²) in [5, 5.41) is 3.05. The second-order valence-electron chi connectivity index (χ2n) is 5.72. The highest BCUT2D eigenvalue weighted by molar-refractivity contribution is 5.91. The van der Waals surface area contributed by atoms with Gasteiger partial charge in [-0.15, -0.1) is 0 Å². The third kappa shape index (κ3) is 4.50. The van der Waals surface area contributed by atoms with Gasteiger partial charge < -0.3 is 10.1 Å². The van der Waals surface area contributed by atoms with E-state index in [0.29, 0.717) is 19.1 Å². The van der Waals surface area contributed by atoms with Crippen LogP contribution in [0.5, 0.6) is 0 Å². The fourth-order valence-corrected chi connectivity index (χ4v) is 2.75. The van der Waals surface area contributed by atoms with E-state index < -0.39 is 0 Å². The molecule has 0 radical (unpaired) electrons. The van der Waals surface area contributed by atoms with Crippen molar-refractivity contribution in [3.8, 4) is 0 Å². The molecule has 23 heavy (non-hydrogen) atoms. The van der Waals surface area contributed by atoms with Crippen molar-refractivity contribution in [3.05, 3.63) is 72.1 Å². The van der Waals surface area contributed by atoms with E-state index in [1.165, 1.54) is 5.56 Å². The molecule has 1 aromatic carbocycles. The SMILES string of the molecule is O=C(/C=C/c1ccccc1)N[C@@H]1COC[C@H]1Cc1ccncc1. The largest absolute Gasteiger partial charge is 0.379 e. The molecular formula is C19H20N2O2. The van der Waals surface area contributed by atoms with Gasteiger partial charge in [0.1, 0.15) is 0 Å². The van der Waals surface area contributed by atoms with Crippen LogP contribution >= 0.6 is 0 Å². The number of nitrogens with one attached hydrogen (secondary N) is 1. The summed E-state index contributed by atoms with van der Waals surface area (Å²) < 4.78 is 5.55. The third-order valence-electron chi connectivity index (χ3n) is 4.00. The summed E-state index contributed by atoms with van der Waals surface area (Å²) >= 11 is 0. The average molecular weight is 308 g/mol. The molecule has 0 saturated carbocycles. The van der Waals surface area contributed by atoms with Crippen LogP contribution in [-0.4, -0.2) is 30.1 Å². The quantitative estimate of drug-likeness (QED) is 0.863. The molecule has 4 heteroatoms. The number of nitrogens with zero attached hydrogens (tertiary/aromatic N) is 1. The average Bonchev–Trinajstić information content (AvgIpc) is 3.02. The first-order chi connectivity index (χ1) is 11.3. The first-order valence-corrected chi connectivity index (χ1v) is 7.81. The van der Waals surface area contributed by atoms with E-state index >= 15 is 0 Å². The lowest BCUT2D eigenvalue weighted by Gasteiger charge is -2.18. The zero-order valence-corrected chi connectivity index (χ0v) is 12.9. The van der Waals surface area contributed by atoms with E-state index in [9.17, 15) is 4.79 Å². The molecule has 1 amide bonds. The minimum absolute atomic E-state index is 0.0519. The smallest absolute Gasteiger partial charge is 0.244 e. The highest BCUT2D eigenvalue weighted by atomic mass is 16.5. The predicted molar refractivity (Wildman–Crippen MR) is 89.7 cm³/mol. The first kappa shape index (κ1) is 15.4. The van der Waals surface area contributed by atoms with E-state index in [1.54, 1.807) is 18.5 Å². The molecule has 2 aromatic rings. The summed E-state index contributed by atoms with van der Waals surface area (Å²) in [6.07, 6.45) is 7.87. The topological polar surface area (TPSA) is 51.2 Å². The van der Waals surface area contributed by atoms with Crippen molar-refractivity contribution in [3.63, 3.8) is 0 Å². The summed E-state index contributed by atoms with van der Waals surface area (Å²) in [7, 11) is 0. The molecule has 0 bridgehead atoms. The zero-order chi connectivity index (χ0) is 15.9. The maximum Gasteiger partial charge on any atom is 0.244 e. The molecule has 2 heterocycles. The van der Waals surface area contributed by atoms with Crippen LogP contribution in [0, 0.1) is 5.92 Å². The van der Waals surface area contributed by atoms with Crippen molar-refractivity contribution in [2.75, 3.05) is 13.2 Å². The molecule has 2 atom stereocenters. The highest BCUT2D eigenvalue weighted by Gasteiger charge is 2.29. The van der Waals surface area contributed by atoms with Crippen LogP contribution < -0.4 is 5.32 Å². The lowest BCUT2D eigenvalue weighted by atomic mass is 9.95. The molecule has 1 saturated heterocycles. The van der Waals surface area contributed by atoms with Crippen molar-refractivity contribution >= 4 is 12.0 Å². The van der Waals surface area contributed by atoms with Crippen LogP contribution in [0.3, 0.4) is 0 Å². The normalized spacial score (nSPS) is 20.7. The van der Waals surface area contributed by atoms with Crippen LogP contribution in [0.4, 0.5) is 0 Å². The van der Waals surface area contributed by atoms with E-state index in [2.05, 4.69) is 10.3 Å². The van der Waals surface area contributed by atoms with E-state index in [-0.39, 0.29) is 11.9 Å². The Kier molecular flexibility index (Phi) is 5.17. The summed E-state index contributed by atoms with van der Waals surface area (Å²) in [6, 6.07) is 13.9. The molecule has 0 spiro atoms. The molecular weight excluding hydrogens is 288 g/mol.